The first-order valence-corrected chi connectivity index (χ1v) is 4.61. The zero-order valence-electron chi connectivity index (χ0n) is 6.93. The lowest BCUT2D eigenvalue weighted by atomic mass is 10.0. The summed E-state index contributed by atoms with van der Waals surface area (Å²) in [6, 6.07) is 0.503. The molecule has 3 heteroatoms. The molecule has 0 radical (unpaired) electrons. The van der Waals surface area contributed by atoms with Gasteiger partial charge in [0, 0.05) is 5.70 Å². The SMILES string of the molecule is C1=C2CC2CCC2NNNC2=C1. The third-order valence-corrected chi connectivity index (χ3v) is 2.96. The molecular weight excluding hydrogens is 150 g/mol. The first kappa shape index (κ1) is 6.69. The van der Waals surface area contributed by atoms with Gasteiger partial charge in [-0.05, 0) is 31.3 Å². The Labute approximate surface area is 71.9 Å². The lowest BCUT2D eigenvalue weighted by molar-refractivity contribution is 0.502. The molecule has 0 spiro atoms. The van der Waals surface area contributed by atoms with Crippen molar-refractivity contribution in [3.63, 3.8) is 0 Å². The number of rotatable bonds is 0. The van der Waals surface area contributed by atoms with E-state index >= 15 is 0 Å². The van der Waals surface area contributed by atoms with Crippen LogP contribution in [0.1, 0.15) is 19.3 Å². The van der Waals surface area contributed by atoms with Crippen LogP contribution in [0.4, 0.5) is 0 Å². The minimum Gasteiger partial charge on any atom is -0.311 e. The van der Waals surface area contributed by atoms with Crippen molar-refractivity contribution in [1.29, 1.82) is 0 Å². The standard InChI is InChI=1S/C9H13N3/c1-3-8-9(11-12-10-8)4-2-7-5-6(1)7/h1,3,7,9-12H,2,4-5H2. The van der Waals surface area contributed by atoms with Crippen LogP contribution in [0.15, 0.2) is 23.4 Å². The summed E-state index contributed by atoms with van der Waals surface area (Å²) in [6.07, 6.45) is 8.39. The van der Waals surface area contributed by atoms with E-state index in [1.807, 2.05) is 0 Å². The van der Waals surface area contributed by atoms with E-state index in [-0.39, 0.29) is 0 Å². The first-order valence-electron chi connectivity index (χ1n) is 4.61. The minimum atomic E-state index is 0.503. The van der Waals surface area contributed by atoms with Gasteiger partial charge >= 0.3 is 0 Å². The largest absolute Gasteiger partial charge is 0.311 e. The Bertz CT molecular complexity index is 267. The van der Waals surface area contributed by atoms with Crippen LogP contribution in [0.25, 0.3) is 0 Å². The quantitative estimate of drug-likeness (QED) is 0.489. The lowest BCUT2D eigenvalue weighted by Gasteiger charge is -2.10. The molecule has 2 unspecified atom stereocenters. The molecule has 1 heterocycles. The van der Waals surface area contributed by atoms with E-state index in [9.17, 15) is 0 Å². The van der Waals surface area contributed by atoms with Gasteiger partial charge in [0.2, 0.25) is 0 Å². The highest BCUT2D eigenvalue weighted by atomic mass is 15.6. The predicted octanol–water partition coefficient (Wildman–Crippen LogP) is 0.591. The van der Waals surface area contributed by atoms with E-state index in [0.29, 0.717) is 6.04 Å². The van der Waals surface area contributed by atoms with Crippen molar-refractivity contribution in [3.8, 4) is 0 Å². The van der Waals surface area contributed by atoms with Crippen molar-refractivity contribution in [2.45, 2.75) is 25.3 Å². The molecular formula is C9H13N3. The second-order valence-corrected chi connectivity index (χ2v) is 3.79. The van der Waals surface area contributed by atoms with E-state index in [1.54, 1.807) is 5.57 Å². The molecule has 0 bridgehead atoms. The second-order valence-electron chi connectivity index (χ2n) is 3.79. The summed E-state index contributed by atoms with van der Waals surface area (Å²) in [4.78, 5) is 0. The van der Waals surface area contributed by atoms with Crippen LogP contribution in [0.3, 0.4) is 0 Å². The molecule has 0 aromatic rings. The summed E-state index contributed by atoms with van der Waals surface area (Å²) >= 11 is 0. The topological polar surface area (TPSA) is 36.1 Å². The van der Waals surface area contributed by atoms with Crippen LogP contribution < -0.4 is 16.4 Å². The highest BCUT2D eigenvalue weighted by Crippen LogP contribution is 2.42. The Kier molecular flexibility index (Phi) is 1.31. The molecule has 0 amide bonds. The maximum atomic E-state index is 3.21. The number of hydrogen-bond donors (Lipinski definition) is 3. The van der Waals surface area contributed by atoms with Crippen LogP contribution in [0.5, 0.6) is 0 Å². The molecule has 64 valence electrons. The van der Waals surface area contributed by atoms with E-state index < -0.39 is 0 Å². The zero-order chi connectivity index (χ0) is 7.97. The number of fused-ring (bicyclic) bond motifs is 2. The van der Waals surface area contributed by atoms with Crippen molar-refractivity contribution < 1.29 is 0 Å². The Morgan fingerprint density at radius 1 is 1.25 bits per heavy atom. The monoisotopic (exact) mass is 163 g/mol. The summed E-state index contributed by atoms with van der Waals surface area (Å²) in [6.45, 7) is 0. The number of hydrazine groups is 2. The average molecular weight is 163 g/mol. The molecule has 0 aromatic carbocycles. The van der Waals surface area contributed by atoms with Gasteiger partial charge in [0.1, 0.15) is 0 Å². The van der Waals surface area contributed by atoms with Gasteiger partial charge < -0.3 is 5.43 Å². The molecule has 1 aliphatic heterocycles. The molecule has 2 aliphatic carbocycles. The second kappa shape index (κ2) is 2.34. The Balaban J connectivity index is 1.89. The van der Waals surface area contributed by atoms with Crippen LogP contribution in [0.2, 0.25) is 0 Å². The third-order valence-electron chi connectivity index (χ3n) is 2.96. The summed E-state index contributed by atoms with van der Waals surface area (Å²) in [7, 11) is 0. The van der Waals surface area contributed by atoms with Crippen molar-refractivity contribution in [2.75, 3.05) is 0 Å². The van der Waals surface area contributed by atoms with Gasteiger partial charge in [0.15, 0.2) is 0 Å². The third kappa shape index (κ3) is 0.974. The molecule has 3 aliphatic rings. The van der Waals surface area contributed by atoms with Gasteiger partial charge in [-0.3, -0.25) is 0 Å². The molecule has 1 saturated carbocycles. The average Bonchev–Trinajstić information content (AvgIpc) is 2.63. The fourth-order valence-electron chi connectivity index (χ4n) is 2.03. The van der Waals surface area contributed by atoms with Crippen molar-refractivity contribution in [2.24, 2.45) is 5.92 Å². The normalized spacial score (nSPS) is 38.0. The van der Waals surface area contributed by atoms with Gasteiger partial charge in [-0.25, -0.2) is 5.43 Å². The fraction of sp³-hybridized carbons (Fsp3) is 0.556. The number of allylic oxidation sites excluding steroid dienone is 3. The predicted molar refractivity (Wildman–Crippen MR) is 46.7 cm³/mol. The van der Waals surface area contributed by atoms with Crippen LogP contribution >= 0.6 is 0 Å². The maximum Gasteiger partial charge on any atom is 0.0640 e. The summed E-state index contributed by atoms with van der Waals surface area (Å²) in [5, 5.41) is 0. The summed E-state index contributed by atoms with van der Waals surface area (Å²) in [5.74, 6) is 0.908. The number of hydrogen-bond acceptors (Lipinski definition) is 3. The van der Waals surface area contributed by atoms with Crippen molar-refractivity contribution in [1.82, 2.24) is 16.4 Å². The van der Waals surface area contributed by atoms with Crippen LogP contribution in [0, 0.1) is 5.92 Å². The summed E-state index contributed by atoms with van der Waals surface area (Å²) < 4.78 is 0. The van der Waals surface area contributed by atoms with Gasteiger partial charge in [0.05, 0.1) is 6.04 Å². The van der Waals surface area contributed by atoms with E-state index in [1.165, 1.54) is 25.0 Å². The fourth-order valence-corrected chi connectivity index (χ4v) is 2.03. The summed E-state index contributed by atoms with van der Waals surface area (Å²) in [5.41, 5.74) is 12.2. The molecule has 2 fully saturated rings. The minimum absolute atomic E-state index is 0.503. The first-order chi connectivity index (χ1) is 5.93. The highest BCUT2D eigenvalue weighted by Gasteiger charge is 2.32. The van der Waals surface area contributed by atoms with E-state index in [0.717, 1.165) is 5.92 Å². The molecule has 1 saturated heterocycles. The van der Waals surface area contributed by atoms with Gasteiger partial charge in [-0.15, -0.1) is 0 Å². The maximum absolute atomic E-state index is 3.21. The lowest BCUT2D eigenvalue weighted by Crippen LogP contribution is -2.33. The van der Waals surface area contributed by atoms with Crippen LogP contribution in [-0.2, 0) is 0 Å². The molecule has 3 nitrogen and oxygen atoms in total. The highest BCUT2D eigenvalue weighted by molar-refractivity contribution is 5.32. The van der Waals surface area contributed by atoms with E-state index in [2.05, 4.69) is 28.5 Å². The van der Waals surface area contributed by atoms with Gasteiger partial charge in [0.25, 0.3) is 0 Å². The Morgan fingerprint density at radius 2 is 2.25 bits per heavy atom. The molecule has 2 atom stereocenters. The smallest absolute Gasteiger partial charge is 0.0640 e. The Morgan fingerprint density at radius 3 is 3.25 bits per heavy atom. The molecule has 3 N–H and O–H groups in total. The molecule has 3 rings (SSSR count). The molecule has 0 aromatic heterocycles. The zero-order valence-corrected chi connectivity index (χ0v) is 6.93. The Hall–Kier alpha value is -0.800. The molecule has 12 heavy (non-hydrogen) atoms. The van der Waals surface area contributed by atoms with Crippen molar-refractivity contribution in [3.05, 3.63) is 23.4 Å². The van der Waals surface area contributed by atoms with Crippen molar-refractivity contribution >= 4 is 0 Å². The van der Waals surface area contributed by atoms with E-state index in [4.69, 9.17) is 0 Å². The van der Waals surface area contributed by atoms with Gasteiger partial charge in [-0.2, -0.15) is 5.53 Å². The van der Waals surface area contributed by atoms with Crippen LogP contribution in [-0.4, -0.2) is 6.04 Å². The number of nitrogens with one attached hydrogen (secondary N) is 3. The van der Waals surface area contributed by atoms with Gasteiger partial charge in [-0.1, -0.05) is 11.6 Å².